The molecular weight excluding hydrogens is 486 g/mol. The van der Waals surface area contributed by atoms with Gasteiger partial charge >= 0.3 is 0 Å². The summed E-state index contributed by atoms with van der Waals surface area (Å²) < 4.78 is 14.2. The molecule has 2 aromatic carbocycles. The van der Waals surface area contributed by atoms with Crippen LogP contribution in [0.2, 0.25) is 0 Å². The van der Waals surface area contributed by atoms with Crippen molar-refractivity contribution in [2.75, 3.05) is 32.2 Å². The predicted molar refractivity (Wildman–Crippen MR) is 161 cm³/mol. The molecule has 2 unspecified atom stereocenters. The summed E-state index contributed by atoms with van der Waals surface area (Å²) in [4.78, 5) is 14.3. The summed E-state index contributed by atoms with van der Waals surface area (Å²) in [6, 6.07) is 12.3. The van der Waals surface area contributed by atoms with Gasteiger partial charge in [-0.3, -0.25) is 4.79 Å². The lowest BCUT2D eigenvalue weighted by molar-refractivity contribution is -0.116. The molecule has 1 saturated carbocycles. The maximum absolute atomic E-state index is 11.9. The van der Waals surface area contributed by atoms with Crippen molar-refractivity contribution in [1.82, 2.24) is 9.78 Å². The number of hydrogen-bond acceptors (Lipinski definition) is 5. The molecule has 4 rings (SSSR count). The van der Waals surface area contributed by atoms with Gasteiger partial charge in [-0.2, -0.15) is 5.10 Å². The van der Waals surface area contributed by atoms with E-state index < -0.39 is 0 Å². The highest BCUT2D eigenvalue weighted by atomic mass is 16.5. The molecule has 0 amide bonds. The number of nitrogens with zero attached hydrogens (tertiary/aromatic N) is 3. The summed E-state index contributed by atoms with van der Waals surface area (Å²) in [6.07, 6.45) is 2.86. The Morgan fingerprint density at radius 3 is 2.08 bits per heavy atom. The molecule has 1 heterocycles. The molecule has 0 radical (unpaired) electrons. The summed E-state index contributed by atoms with van der Waals surface area (Å²) in [7, 11) is 3.60. The third-order valence-electron chi connectivity index (χ3n) is 8.04. The predicted octanol–water partition coefficient (Wildman–Crippen LogP) is 7.04. The van der Waals surface area contributed by atoms with Gasteiger partial charge in [-0.05, 0) is 75.9 Å². The van der Waals surface area contributed by atoms with Gasteiger partial charge in [-0.15, -0.1) is 0 Å². The Hall–Kier alpha value is -2.96. The number of aryl methyl sites for hydroxylation is 3. The molecule has 3 aromatic rings. The first-order valence-electron chi connectivity index (χ1n) is 14.4. The van der Waals surface area contributed by atoms with E-state index >= 15 is 0 Å². The lowest BCUT2D eigenvalue weighted by atomic mass is 9.62. The highest BCUT2D eigenvalue weighted by Crippen LogP contribution is 2.53. The minimum absolute atomic E-state index is 0.0196. The van der Waals surface area contributed by atoms with Crippen molar-refractivity contribution in [2.45, 2.75) is 85.9 Å². The molecule has 0 bridgehead atoms. The quantitative estimate of drug-likeness (QED) is 0.262. The first kappa shape index (κ1) is 30.6. The topological polar surface area (TPSA) is 56.6 Å². The SMILES string of the molecule is CC.CCc1nn(-c2cccc(C(C)=O)c2)cc1C1C(OC)C(c2cc(C)c(N(CC)CC)cc2C)C1OC. The Kier molecular flexibility index (Phi) is 10.5. The zero-order valence-corrected chi connectivity index (χ0v) is 25.5. The van der Waals surface area contributed by atoms with Crippen molar-refractivity contribution >= 4 is 11.5 Å². The summed E-state index contributed by atoms with van der Waals surface area (Å²) in [5.41, 5.74) is 8.89. The number of rotatable bonds is 10. The van der Waals surface area contributed by atoms with Crippen LogP contribution in [-0.2, 0) is 15.9 Å². The summed E-state index contributed by atoms with van der Waals surface area (Å²) in [5, 5.41) is 4.91. The smallest absolute Gasteiger partial charge is 0.159 e. The average molecular weight is 534 g/mol. The fourth-order valence-electron chi connectivity index (χ4n) is 6.03. The highest BCUT2D eigenvalue weighted by molar-refractivity contribution is 5.94. The number of ketones is 1. The third kappa shape index (κ3) is 5.82. The molecule has 1 aromatic heterocycles. The largest absolute Gasteiger partial charge is 0.380 e. The number of aromatic nitrogens is 2. The van der Waals surface area contributed by atoms with Gasteiger partial charge in [0.2, 0.25) is 0 Å². The molecule has 39 heavy (non-hydrogen) atoms. The maximum atomic E-state index is 11.9. The zero-order valence-electron chi connectivity index (χ0n) is 25.5. The molecule has 0 saturated heterocycles. The maximum Gasteiger partial charge on any atom is 0.159 e. The number of methoxy groups -OCH3 is 2. The van der Waals surface area contributed by atoms with Crippen LogP contribution in [0.5, 0.6) is 0 Å². The molecule has 0 spiro atoms. The molecule has 6 nitrogen and oxygen atoms in total. The number of carbonyl (C=O) groups is 1. The van der Waals surface area contributed by atoms with Crippen LogP contribution in [0.1, 0.15) is 91.7 Å². The van der Waals surface area contributed by atoms with Crippen molar-refractivity contribution < 1.29 is 14.3 Å². The molecule has 6 heteroatoms. The molecule has 0 aliphatic heterocycles. The Balaban J connectivity index is 0.00000205. The van der Waals surface area contributed by atoms with Crippen LogP contribution in [0, 0.1) is 13.8 Å². The van der Waals surface area contributed by atoms with Crippen LogP contribution < -0.4 is 4.90 Å². The van der Waals surface area contributed by atoms with Crippen LogP contribution in [-0.4, -0.2) is 55.1 Å². The Bertz CT molecular complexity index is 1250. The number of benzene rings is 2. The van der Waals surface area contributed by atoms with E-state index in [-0.39, 0.29) is 29.8 Å². The van der Waals surface area contributed by atoms with Crippen molar-refractivity contribution in [3.05, 3.63) is 76.1 Å². The second-order valence-electron chi connectivity index (χ2n) is 10.1. The second-order valence-corrected chi connectivity index (χ2v) is 10.1. The van der Waals surface area contributed by atoms with Crippen molar-refractivity contribution in [1.29, 1.82) is 0 Å². The lowest BCUT2D eigenvalue weighted by Gasteiger charge is -2.51. The van der Waals surface area contributed by atoms with E-state index in [4.69, 9.17) is 14.6 Å². The minimum Gasteiger partial charge on any atom is -0.380 e. The van der Waals surface area contributed by atoms with Gasteiger partial charge in [0.25, 0.3) is 0 Å². The standard InChI is InChI=1S/C31H41N3O3.C2H6/c1-9-26-25(18-34(32-26)23-14-12-13-22(17-23)21(6)35)29-30(36-7)28(31(29)37-8)24-15-20(5)27(16-19(24)4)33(10-2)11-3;1-2/h12-18,28-31H,9-11H2,1-8H3;1-2H3. The van der Waals surface area contributed by atoms with Crippen LogP contribution in [0.4, 0.5) is 5.69 Å². The lowest BCUT2D eigenvalue weighted by Crippen LogP contribution is -2.54. The van der Waals surface area contributed by atoms with Crippen LogP contribution in [0.15, 0.2) is 42.6 Å². The number of Topliss-reactive ketones (excluding diaryl/α,β-unsaturated/α-hetero) is 1. The summed E-state index contributed by atoms with van der Waals surface area (Å²) >= 11 is 0. The molecular formula is C33H47N3O3. The number of anilines is 1. The Morgan fingerprint density at radius 1 is 0.923 bits per heavy atom. The van der Waals surface area contributed by atoms with Gasteiger partial charge in [0.15, 0.2) is 5.78 Å². The fraction of sp³-hybridized carbons (Fsp3) is 0.515. The number of carbonyl (C=O) groups excluding carboxylic acids is 1. The number of ether oxygens (including phenoxy) is 2. The molecule has 1 aliphatic carbocycles. The van der Waals surface area contributed by atoms with Gasteiger partial charge < -0.3 is 14.4 Å². The molecule has 1 fully saturated rings. The van der Waals surface area contributed by atoms with Gasteiger partial charge in [-0.25, -0.2) is 4.68 Å². The van der Waals surface area contributed by atoms with Crippen molar-refractivity contribution in [3.63, 3.8) is 0 Å². The summed E-state index contributed by atoms with van der Waals surface area (Å²) in [6.45, 7) is 18.5. The van der Waals surface area contributed by atoms with Crippen LogP contribution in [0.3, 0.4) is 0 Å². The van der Waals surface area contributed by atoms with Gasteiger partial charge in [0.1, 0.15) is 0 Å². The third-order valence-corrected chi connectivity index (χ3v) is 8.04. The monoisotopic (exact) mass is 533 g/mol. The Morgan fingerprint density at radius 2 is 1.54 bits per heavy atom. The van der Waals surface area contributed by atoms with Gasteiger partial charge in [0, 0.05) is 62.2 Å². The van der Waals surface area contributed by atoms with Crippen molar-refractivity contribution in [3.8, 4) is 5.69 Å². The van der Waals surface area contributed by atoms with E-state index in [0.717, 1.165) is 36.5 Å². The van der Waals surface area contributed by atoms with E-state index in [0.29, 0.717) is 5.56 Å². The van der Waals surface area contributed by atoms with E-state index in [1.54, 1.807) is 21.1 Å². The molecule has 0 N–H and O–H groups in total. The Labute approximate surface area is 235 Å². The first-order valence-corrected chi connectivity index (χ1v) is 14.4. The minimum atomic E-state index is -0.0196. The summed E-state index contributed by atoms with van der Waals surface area (Å²) in [5.74, 6) is 0.253. The van der Waals surface area contributed by atoms with E-state index in [9.17, 15) is 4.79 Å². The first-order chi connectivity index (χ1) is 18.8. The molecule has 212 valence electrons. The molecule has 1 aliphatic rings. The zero-order chi connectivity index (χ0) is 28.9. The van der Waals surface area contributed by atoms with Gasteiger partial charge in [-0.1, -0.05) is 39.0 Å². The van der Waals surface area contributed by atoms with Gasteiger partial charge in [0.05, 0.1) is 23.6 Å². The average Bonchev–Trinajstić information content (AvgIpc) is 3.36. The second kappa shape index (κ2) is 13.4. The number of hydrogen-bond donors (Lipinski definition) is 0. The van der Waals surface area contributed by atoms with E-state index in [2.05, 4.69) is 57.8 Å². The van der Waals surface area contributed by atoms with E-state index in [1.807, 2.05) is 42.8 Å². The van der Waals surface area contributed by atoms with Crippen LogP contribution >= 0.6 is 0 Å². The normalized spacial score (nSPS) is 20.2. The van der Waals surface area contributed by atoms with Crippen molar-refractivity contribution in [2.24, 2.45) is 0 Å². The fourth-order valence-corrected chi connectivity index (χ4v) is 6.03. The van der Waals surface area contributed by atoms with Crippen LogP contribution in [0.25, 0.3) is 5.69 Å². The molecule has 2 atom stereocenters. The van der Waals surface area contributed by atoms with E-state index in [1.165, 1.54) is 22.4 Å². The highest BCUT2D eigenvalue weighted by Gasteiger charge is 2.54.